The summed E-state index contributed by atoms with van der Waals surface area (Å²) in [6.07, 6.45) is 4.44. The summed E-state index contributed by atoms with van der Waals surface area (Å²) < 4.78 is 46.3. The molecule has 178 valence electrons. The van der Waals surface area contributed by atoms with Crippen molar-refractivity contribution in [3.8, 4) is 34.8 Å². The Morgan fingerprint density at radius 1 is 0.806 bits per heavy atom. The Balaban J connectivity index is 0.00000361. The first kappa shape index (κ1) is 27.7. The van der Waals surface area contributed by atoms with E-state index in [-0.39, 0.29) is 86.2 Å². The molecule has 2 aromatic carbocycles. The van der Waals surface area contributed by atoms with Gasteiger partial charge in [0.2, 0.25) is 0 Å². The van der Waals surface area contributed by atoms with Gasteiger partial charge in [0.05, 0.1) is 14.2 Å². The monoisotopic (exact) mass is 529 g/mol. The number of para-hydroxylation sites is 2. The molecule has 0 spiro atoms. The van der Waals surface area contributed by atoms with Crippen molar-refractivity contribution in [1.82, 2.24) is 19.9 Å². The third-order valence-corrected chi connectivity index (χ3v) is 5.41. The largest absolute Gasteiger partial charge is 1.00 e. The zero-order valence-electron chi connectivity index (χ0n) is 19.8. The number of hydrogen-bond acceptors (Lipinski definition) is 9. The van der Waals surface area contributed by atoms with Crippen LogP contribution in [0.25, 0.3) is 22.4 Å². The minimum absolute atomic E-state index is 0. The van der Waals surface area contributed by atoms with E-state index in [4.69, 9.17) is 14.2 Å². The molecule has 0 amide bonds. The molecule has 2 aromatic heterocycles. The van der Waals surface area contributed by atoms with Gasteiger partial charge >= 0.3 is 51.4 Å². The van der Waals surface area contributed by atoms with E-state index < -0.39 is 10.0 Å². The van der Waals surface area contributed by atoms with Crippen LogP contribution in [0.4, 0.5) is 5.82 Å². The van der Waals surface area contributed by atoms with Gasteiger partial charge < -0.3 is 23.9 Å². The zero-order chi connectivity index (χ0) is 24.7. The third kappa shape index (κ3) is 7.09. The fourth-order valence-corrected chi connectivity index (χ4v) is 3.67. The summed E-state index contributed by atoms with van der Waals surface area (Å²) in [5.41, 5.74) is 0.690. The minimum atomic E-state index is -4.14. The molecule has 0 radical (unpaired) electrons. The first-order valence-corrected chi connectivity index (χ1v) is 11.7. The Morgan fingerprint density at radius 2 is 1.47 bits per heavy atom. The van der Waals surface area contributed by atoms with E-state index in [1.54, 1.807) is 54.6 Å². The molecular weight excluding hydrogens is 509 g/mol. The van der Waals surface area contributed by atoms with Gasteiger partial charge in [-0.2, -0.15) is 0 Å². The van der Waals surface area contributed by atoms with Crippen LogP contribution < -0.4 is 65.6 Å². The van der Waals surface area contributed by atoms with Gasteiger partial charge in [-0.05, 0) is 29.8 Å². The molecule has 0 fully saturated rings. The standard InChI is InChI=1S/C24H20N5O5S.K/c1-32-18-11-6-7-12-19(18)34-20-21(29-35(30,31)16-13-17-9-4-3-5-10-17)27-23(28-24(20)33-2)22-25-14-8-15-26-22;/h3-16H,1-2H3;/q-1;+1/b16-13+;. The average molecular weight is 530 g/mol. The molecule has 0 N–H and O–H groups in total. The summed E-state index contributed by atoms with van der Waals surface area (Å²) in [7, 11) is -1.30. The van der Waals surface area contributed by atoms with E-state index in [1.807, 2.05) is 6.07 Å². The normalized spacial score (nSPS) is 10.9. The van der Waals surface area contributed by atoms with Crippen molar-refractivity contribution in [2.24, 2.45) is 0 Å². The molecule has 12 heteroatoms. The Labute approximate surface area is 251 Å². The van der Waals surface area contributed by atoms with Crippen LogP contribution in [0.1, 0.15) is 5.56 Å². The summed E-state index contributed by atoms with van der Waals surface area (Å²) in [6, 6.07) is 17.4. The molecule has 0 saturated heterocycles. The third-order valence-electron chi connectivity index (χ3n) is 4.50. The van der Waals surface area contributed by atoms with Crippen molar-refractivity contribution in [3.63, 3.8) is 0 Å². The van der Waals surface area contributed by atoms with Crippen LogP contribution in [0.3, 0.4) is 0 Å². The fourth-order valence-electron chi connectivity index (χ4n) is 2.92. The first-order valence-electron chi connectivity index (χ1n) is 10.2. The Kier molecular flexibility index (Phi) is 9.93. The number of sulfonamides is 1. The Bertz CT molecular complexity index is 1440. The topological polar surface area (TPSA) is 127 Å². The number of rotatable bonds is 9. The second-order valence-electron chi connectivity index (χ2n) is 6.85. The van der Waals surface area contributed by atoms with Gasteiger partial charge in [0.25, 0.3) is 5.88 Å². The number of methoxy groups -OCH3 is 2. The molecule has 0 unspecified atom stereocenters. The minimum Gasteiger partial charge on any atom is -0.493 e. The van der Waals surface area contributed by atoms with Crippen molar-refractivity contribution in [1.29, 1.82) is 0 Å². The van der Waals surface area contributed by atoms with Gasteiger partial charge in [-0.25, -0.2) is 23.4 Å². The summed E-state index contributed by atoms with van der Waals surface area (Å²) in [5.74, 6) is 0.391. The SMILES string of the molecule is COc1ccccc1Oc1c([N-]S(=O)(=O)/C=C/c2ccccc2)nc(-c2ncccn2)nc1OC.[K+]. The van der Waals surface area contributed by atoms with Crippen molar-refractivity contribution in [3.05, 3.63) is 88.8 Å². The summed E-state index contributed by atoms with van der Waals surface area (Å²) >= 11 is 0. The molecule has 0 saturated carbocycles. The molecular formula is C24H20KN5O5S. The number of aromatic nitrogens is 4. The van der Waals surface area contributed by atoms with Crippen LogP contribution in [0, 0.1) is 0 Å². The second kappa shape index (κ2) is 12.9. The van der Waals surface area contributed by atoms with Gasteiger partial charge in [-0.3, -0.25) is 0 Å². The van der Waals surface area contributed by atoms with E-state index in [2.05, 4.69) is 24.7 Å². The van der Waals surface area contributed by atoms with Gasteiger partial charge in [0, 0.05) is 23.6 Å². The quantitative estimate of drug-likeness (QED) is 0.298. The molecule has 2 heterocycles. The van der Waals surface area contributed by atoms with Gasteiger partial charge in [-0.15, -0.1) is 0 Å². The van der Waals surface area contributed by atoms with E-state index in [1.165, 1.54) is 32.7 Å². The van der Waals surface area contributed by atoms with Gasteiger partial charge in [-0.1, -0.05) is 42.5 Å². The van der Waals surface area contributed by atoms with Crippen molar-refractivity contribution < 1.29 is 74.0 Å². The van der Waals surface area contributed by atoms with Crippen LogP contribution in [0.5, 0.6) is 23.1 Å². The number of benzene rings is 2. The number of ether oxygens (including phenoxy) is 3. The molecule has 36 heavy (non-hydrogen) atoms. The summed E-state index contributed by atoms with van der Waals surface area (Å²) in [6.45, 7) is 0. The molecule has 0 aliphatic rings. The summed E-state index contributed by atoms with van der Waals surface area (Å²) in [4.78, 5) is 16.8. The van der Waals surface area contributed by atoms with Gasteiger partial charge in [0.1, 0.15) is 5.82 Å². The molecule has 10 nitrogen and oxygen atoms in total. The average Bonchev–Trinajstić information content (AvgIpc) is 2.89. The second-order valence-corrected chi connectivity index (χ2v) is 8.34. The first-order chi connectivity index (χ1) is 17.0. The van der Waals surface area contributed by atoms with Crippen LogP contribution >= 0.6 is 0 Å². The van der Waals surface area contributed by atoms with Gasteiger partial charge in [0.15, 0.2) is 33.1 Å². The number of nitrogens with zero attached hydrogens (tertiary/aromatic N) is 5. The number of hydrogen-bond donors (Lipinski definition) is 0. The van der Waals surface area contributed by atoms with Crippen molar-refractivity contribution in [2.45, 2.75) is 0 Å². The molecule has 0 aliphatic carbocycles. The van der Waals surface area contributed by atoms with Crippen LogP contribution in [-0.4, -0.2) is 42.6 Å². The fraction of sp³-hybridized carbons (Fsp3) is 0.0833. The zero-order valence-corrected chi connectivity index (χ0v) is 23.7. The van der Waals surface area contributed by atoms with Crippen molar-refractivity contribution in [2.75, 3.05) is 14.2 Å². The maximum atomic E-state index is 12.9. The van der Waals surface area contributed by atoms with Crippen LogP contribution in [0.15, 0.2) is 78.5 Å². The van der Waals surface area contributed by atoms with E-state index >= 15 is 0 Å². The smallest absolute Gasteiger partial charge is 0.493 e. The molecule has 4 aromatic rings. The van der Waals surface area contributed by atoms with Crippen LogP contribution in [0.2, 0.25) is 0 Å². The predicted octanol–water partition coefficient (Wildman–Crippen LogP) is 1.75. The Morgan fingerprint density at radius 3 is 2.14 bits per heavy atom. The predicted molar refractivity (Wildman–Crippen MR) is 130 cm³/mol. The molecule has 0 aliphatic heterocycles. The van der Waals surface area contributed by atoms with E-state index in [9.17, 15) is 8.42 Å². The van der Waals surface area contributed by atoms with Crippen LogP contribution in [-0.2, 0) is 10.0 Å². The molecule has 4 rings (SSSR count). The van der Waals surface area contributed by atoms with E-state index in [0.29, 0.717) is 11.3 Å². The molecule has 0 atom stereocenters. The van der Waals surface area contributed by atoms with Crippen molar-refractivity contribution >= 4 is 21.9 Å². The maximum absolute atomic E-state index is 12.9. The maximum Gasteiger partial charge on any atom is 1.00 e. The summed E-state index contributed by atoms with van der Waals surface area (Å²) in [5, 5.41) is 0.975. The molecule has 0 bridgehead atoms. The van der Waals surface area contributed by atoms with E-state index in [0.717, 1.165) is 5.41 Å². The Hall–Kier alpha value is -2.87.